The Labute approximate surface area is 192 Å². The van der Waals surface area contributed by atoms with Crippen LogP contribution in [0.3, 0.4) is 0 Å². The van der Waals surface area contributed by atoms with Gasteiger partial charge in [0.05, 0.1) is 10.9 Å². The highest BCUT2D eigenvalue weighted by molar-refractivity contribution is 7.89. The Kier molecular flexibility index (Phi) is 5.76. The molecule has 3 unspecified atom stereocenters. The molecule has 0 radical (unpaired) electrons. The van der Waals surface area contributed by atoms with E-state index in [1.807, 2.05) is 12.1 Å². The van der Waals surface area contributed by atoms with Crippen molar-refractivity contribution in [2.45, 2.75) is 50.0 Å². The van der Waals surface area contributed by atoms with E-state index in [4.69, 9.17) is 0 Å². The summed E-state index contributed by atoms with van der Waals surface area (Å²) < 4.78 is 27.9. The van der Waals surface area contributed by atoms with Crippen molar-refractivity contribution in [2.75, 3.05) is 36.4 Å². The van der Waals surface area contributed by atoms with Crippen LogP contribution in [0, 0.1) is 5.92 Å². The molecule has 2 aromatic rings. The van der Waals surface area contributed by atoms with Crippen LogP contribution in [0.1, 0.15) is 56.2 Å². The van der Waals surface area contributed by atoms with Crippen molar-refractivity contribution in [1.82, 2.24) is 4.31 Å². The second-order valence-corrected chi connectivity index (χ2v) is 11.0. The largest absolute Gasteiger partial charge is 0.378 e. The number of allylic oxidation sites excluding steroid dienone is 2. The highest BCUT2D eigenvalue weighted by atomic mass is 32.2. The van der Waals surface area contributed by atoms with Gasteiger partial charge in [0.25, 0.3) is 0 Å². The van der Waals surface area contributed by atoms with E-state index in [0.29, 0.717) is 23.9 Å². The van der Waals surface area contributed by atoms with Gasteiger partial charge in [0.1, 0.15) is 0 Å². The molecular formula is C26H33N3O2S. The molecule has 2 heterocycles. The van der Waals surface area contributed by atoms with Gasteiger partial charge in [-0.25, -0.2) is 8.42 Å². The second kappa shape index (κ2) is 8.56. The predicted molar refractivity (Wildman–Crippen MR) is 131 cm³/mol. The van der Waals surface area contributed by atoms with E-state index in [2.05, 4.69) is 60.5 Å². The van der Waals surface area contributed by atoms with Gasteiger partial charge in [-0.1, -0.05) is 24.3 Å². The van der Waals surface area contributed by atoms with E-state index in [9.17, 15) is 8.42 Å². The van der Waals surface area contributed by atoms with E-state index in [0.717, 1.165) is 43.6 Å². The molecule has 6 heteroatoms. The van der Waals surface area contributed by atoms with E-state index < -0.39 is 10.0 Å². The molecule has 2 aliphatic heterocycles. The van der Waals surface area contributed by atoms with E-state index in [-0.39, 0.29) is 12.0 Å². The lowest BCUT2D eigenvalue weighted by Crippen LogP contribution is -2.31. The van der Waals surface area contributed by atoms with Gasteiger partial charge in [0, 0.05) is 43.5 Å². The fourth-order valence-electron chi connectivity index (χ4n) is 5.62. The van der Waals surface area contributed by atoms with Crippen LogP contribution in [0.5, 0.6) is 0 Å². The van der Waals surface area contributed by atoms with Gasteiger partial charge in [0.15, 0.2) is 0 Å². The average molecular weight is 452 g/mol. The number of hydrogen-bond donors (Lipinski definition) is 1. The van der Waals surface area contributed by atoms with Crippen molar-refractivity contribution in [3.63, 3.8) is 0 Å². The van der Waals surface area contributed by atoms with E-state index in [1.165, 1.54) is 11.3 Å². The first kappa shape index (κ1) is 21.5. The van der Waals surface area contributed by atoms with Crippen LogP contribution in [-0.2, 0) is 10.0 Å². The summed E-state index contributed by atoms with van der Waals surface area (Å²) in [7, 11) is -3.41. The zero-order valence-electron chi connectivity index (χ0n) is 19.0. The molecule has 32 heavy (non-hydrogen) atoms. The van der Waals surface area contributed by atoms with Crippen molar-refractivity contribution in [1.29, 1.82) is 0 Å². The summed E-state index contributed by atoms with van der Waals surface area (Å²) in [4.78, 5) is 2.79. The fraction of sp³-hybridized carbons (Fsp3) is 0.462. The molecule has 5 nitrogen and oxygen atoms in total. The molecule has 1 saturated heterocycles. The minimum atomic E-state index is -3.41. The Morgan fingerprint density at radius 3 is 2.44 bits per heavy atom. The Morgan fingerprint density at radius 1 is 1.03 bits per heavy atom. The summed E-state index contributed by atoms with van der Waals surface area (Å²) in [5.74, 6) is 0.638. The molecule has 1 fully saturated rings. The quantitative estimate of drug-likeness (QED) is 0.618. The van der Waals surface area contributed by atoms with Crippen LogP contribution < -0.4 is 10.2 Å². The molecule has 1 aliphatic carbocycles. The number of anilines is 2. The SMILES string of the molecule is CCN(CC)c1ccc(C2Nc3ccc(S(=O)(=O)N4CCCC4)cc3C3C=CCC32)cc1. The number of benzene rings is 2. The molecule has 3 atom stereocenters. The van der Waals surface area contributed by atoms with Gasteiger partial charge in [-0.15, -0.1) is 0 Å². The predicted octanol–water partition coefficient (Wildman–Crippen LogP) is 5.14. The molecule has 2 aromatic carbocycles. The standard InChI is InChI=1S/C26H33N3O2S/c1-3-28(4-2)20-12-10-19(11-13-20)26-23-9-7-8-22(23)24-18-21(14-15-25(24)27-26)32(30,31)29-16-5-6-17-29/h7-8,10-15,18,22-23,26-27H,3-6,9,16-17H2,1-2H3. The lowest BCUT2D eigenvalue weighted by atomic mass is 9.77. The highest BCUT2D eigenvalue weighted by Gasteiger charge is 2.39. The zero-order chi connectivity index (χ0) is 22.3. The maximum atomic E-state index is 13.1. The lowest BCUT2D eigenvalue weighted by Gasteiger charge is -2.38. The Morgan fingerprint density at radius 2 is 1.75 bits per heavy atom. The van der Waals surface area contributed by atoms with Gasteiger partial charge >= 0.3 is 0 Å². The van der Waals surface area contributed by atoms with Crippen LogP contribution in [-0.4, -0.2) is 38.9 Å². The number of fused-ring (bicyclic) bond motifs is 3. The molecule has 0 spiro atoms. The van der Waals surface area contributed by atoms with Crippen LogP contribution in [0.25, 0.3) is 0 Å². The van der Waals surface area contributed by atoms with Crippen molar-refractivity contribution in [3.05, 3.63) is 65.7 Å². The first-order chi connectivity index (χ1) is 15.5. The number of nitrogens with zero attached hydrogens (tertiary/aromatic N) is 2. The lowest BCUT2D eigenvalue weighted by molar-refractivity contribution is 0.424. The van der Waals surface area contributed by atoms with Crippen molar-refractivity contribution < 1.29 is 8.42 Å². The monoisotopic (exact) mass is 451 g/mol. The summed E-state index contributed by atoms with van der Waals surface area (Å²) in [6.45, 7) is 7.64. The number of nitrogens with one attached hydrogen (secondary N) is 1. The summed E-state index contributed by atoms with van der Waals surface area (Å²) in [5, 5.41) is 3.75. The van der Waals surface area contributed by atoms with E-state index >= 15 is 0 Å². The molecule has 170 valence electrons. The molecule has 3 aliphatic rings. The molecule has 0 aromatic heterocycles. The first-order valence-corrected chi connectivity index (χ1v) is 13.4. The zero-order valence-corrected chi connectivity index (χ0v) is 19.8. The maximum Gasteiger partial charge on any atom is 0.243 e. The highest BCUT2D eigenvalue weighted by Crippen LogP contribution is 2.50. The third kappa shape index (κ3) is 3.63. The molecule has 1 N–H and O–H groups in total. The number of hydrogen-bond acceptors (Lipinski definition) is 4. The number of rotatable bonds is 6. The summed E-state index contributed by atoms with van der Waals surface area (Å²) in [6.07, 6.45) is 7.43. The third-order valence-corrected chi connectivity index (χ3v) is 9.31. The Bertz CT molecular complexity index is 1100. The Hall–Kier alpha value is -2.31. The molecule has 0 bridgehead atoms. The van der Waals surface area contributed by atoms with Gasteiger partial charge < -0.3 is 10.2 Å². The van der Waals surface area contributed by atoms with E-state index in [1.54, 1.807) is 10.4 Å². The van der Waals surface area contributed by atoms with Crippen LogP contribution >= 0.6 is 0 Å². The normalized spacial score (nSPS) is 24.8. The van der Waals surface area contributed by atoms with Gasteiger partial charge in [-0.3, -0.25) is 0 Å². The van der Waals surface area contributed by atoms with Crippen molar-refractivity contribution in [2.24, 2.45) is 5.92 Å². The maximum absolute atomic E-state index is 13.1. The van der Waals surface area contributed by atoms with Crippen LogP contribution in [0.2, 0.25) is 0 Å². The topological polar surface area (TPSA) is 52.7 Å². The van der Waals surface area contributed by atoms with Gasteiger partial charge in [-0.2, -0.15) is 4.31 Å². The summed E-state index contributed by atoms with van der Waals surface area (Å²) in [5.41, 5.74) is 4.71. The second-order valence-electron chi connectivity index (χ2n) is 9.10. The smallest absolute Gasteiger partial charge is 0.243 e. The van der Waals surface area contributed by atoms with Crippen molar-refractivity contribution >= 4 is 21.4 Å². The molecule has 0 amide bonds. The van der Waals surface area contributed by atoms with Crippen molar-refractivity contribution in [3.8, 4) is 0 Å². The molecular weight excluding hydrogens is 418 g/mol. The summed E-state index contributed by atoms with van der Waals surface area (Å²) >= 11 is 0. The minimum absolute atomic E-state index is 0.217. The Balaban J connectivity index is 1.46. The first-order valence-electron chi connectivity index (χ1n) is 11.9. The van der Waals surface area contributed by atoms with Crippen LogP contribution in [0.4, 0.5) is 11.4 Å². The third-order valence-electron chi connectivity index (χ3n) is 7.42. The van der Waals surface area contributed by atoms with Crippen LogP contribution in [0.15, 0.2) is 59.5 Å². The molecule has 0 saturated carbocycles. The summed E-state index contributed by atoms with van der Waals surface area (Å²) in [6, 6.07) is 14.8. The molecule has 5 rings (SSSR count). The number of sulfonamides is 1. The van der Waals surface area contributed by atoms with Gasteiger partial charge in [-0.05, 0) is 80.5 Å². The minimum Gasteiger partial charge on any atom is -0.378 e. The van der Waals surface area contributed by atoms with Gasteiger partial charge in [0.2, 0.25) is 10.0 Å². The fourth-order valence-corrected chi connectivity index (χ4v) is 7.17. The average Bonchev–Trinajstić information content (AvgIpc) is 3.52.